The number of benzene rings is 3. The molecule has 0 saturated carbocycles. The Hall–Kier alpha value is -6.41. The molecule has 0 aliphatic carbocycles. The van der Waals surface area contributed by atoms with Crippen molar-refractivity contribution >= 4 is 47.3 Å². The smallest absolute Gasteiger partial charge is 0.565 e. The number of nitrogens with two attached hydrogens (primary N) is 1. The molecule has 59 heavy (non-hydrogen) atoms. The standard InChI is InChI=1S/C15H19N3O4.C14H10N4O5.C6H13NO2.CH2O3.Na/c1-11(15(20)21)4-2-3-5-14(19)22-10-12-6-8-13(9-7-12)17-18-16;15-17-16-11-3-1-10(2-4-11)9-22-14(19)23-13-7-5-12(6-8-13)18(20)21;1-5(6(8)9)3-2-4-7;2-1(3)4;/h6-9,11H,2-5,10H2,1H3,(H,20,21);1-8H,9H2;5H,2-4,7H2,1H3,(H,8,9);(H2,2,3,4);/q;;;;+1/p-1/t11-;;5-;;/m0.0../s1. The Kier molecular flexibility index (Phi) is 30.3. The van der Waals surface area contributed by atoms with Crippen LogP contribution >= 0.6 is 0 Å². The third-order valence-electron chi connectivity index (χ3n) is 7.15. The largest absolute Gasteiger partial charge is 1.00 e. The number of carbonyl (C=O) groups is 5. The van der Waals surface area contributed by atoms with Gasteiger partial charge in [-0.05, 0) is 66.5 Å². The van der Waals surface area contributed by atoms with Crippen LogP contribution in [0.5, 0.6) is 5.75 Å². The molecular weight excluding hydrogens is 791 g/mol. The van der Waals surface area contributed by atoms with Crippen LogP contribution in [0.15, 0.2) is 83.0 Å². The second-order valence-corrected chi connectivity index (χ2v) is 11.7. The van der Waals surface area contributed by atoms with E-state index < -0.39 is 29.2 Å². The summed E-state index contributed by atoms with van der Waals surface area (Å²) in [6.07, 6.45) is 0.611. The van der Waals surface area contributed by atoms with Crippen molar-refractivity contribution in [2.24, 2.45) is 27.8 Å². The van der Waals surface area contributed by atoms with E-state index in [1.165, 1.54) is 24.3 Å². The number of carboxylic acid groups (broad SMARTS) is 4. The maximum absolute atomic E-state index is 11.6. The van der Waals surface area contributed by atoms with Crippen molar-refractivity contribution in [2.75, 3.05) is 6.54 Å². The number of non-ortho nitro benzene ring substituents is 1. The zero-order chi connectivity index (χ0) is 43.9. The molecule has 0 aliphatic heterocycles. The number of rotatable bonds is 18. The van der Waals surface area contributed by atoms with Crippen molar-refractivity contribution in [3.8, 4) is 5.75 Å². The Morgan fingerprint density at radius 2 is 1.17 bits per heavy atom. The van der Waals surface area contributed by atoms with Gasteiger partial charge in [-0.3, -0.25) is 24.5 Å². The first-order valence-electron chi connectivity index (χ1n) is 17.1. The van der Waals surface area contributed by atoms with Gasteiger partial charge < -0.3 is 45.2 Å². The van der Waals surface area contributed by atoms with Crippen LogP contribution in [0.4, 0.5) is 26.7 Å². The number of nitro benzene ring substituents is 1. The number of carboxylic acids is 2. The molecule has 312 valence electrons. The molecule has 23 heteroatoms. The summed E-state index contributed by atoms with van der Waals surface area (Å²) >= 11 is 0. The Morgan fingerprint density at radius 3 is 1.56 bits per heavy atom. The number of nitro groups is 1. The zero-order valence-corrected chi connectivity index (χ0v) is 34.5. The number of nitrogens with zero attached hydrogens (tertiary/aromatic N) is 7. The predicted octanol–water partition coefficient (Wildman–Crippen LogP) is 4.54. The summed E-state index contributed by atoms with van der Waals surface area (Å²) in [7, 11) is 0. The number of hydrogen-bond acceptors (Lipinski definition) is 14. The molecule has 22 nitrogen and oxygen atoms in total. The van der Waals surface area contributed by atoms with Crippen LogP contribution in [0.25, 0.3) is 20.9 Å². The Labute approximate surface area is 359 Å². The van der Waals surface area contributed by atoms with Crippen LogP contribution in [-0.4, -0.2) is 57.0 Å². The van der Waals surface area contributed by atoms with Gasteiger partial charge in [0.15, 0.2) is 0 Å². The van der Waals surface area contributed by atoms with E-state index in [1.807, 2.05) is 0 Å². The summed E-state index contributed by atoms with van der Waals surface area (Å²) in [4.78, 5) is 67.6. The van der Waals surface area contributed by atoms with Crippen molar-refractivity contribution in [1.82, 2.24) is 0 Å². The molecule has 3 aromatic carbocycles. The first-order chi connectivity index (χ1) is 27.5. The topological polar surface area (TPSA) is 363 Å². The van der Waals surface area contributed by atoms with Gasteiger partial charge in [0, 0.05) is 39.8 Å². The fraction of sp³-hybridized carbons (Fsp3) is 0.361. The van der Waals surface area contributed by atoms with Crippen molar-refractivity contribution in [3.05, 3.63) is 115 Å². The van der Waals surface area contributed by atoms with Gasteiger partial charge in [-0.2, -0.15) is 0 Å². The summed E-state index contributed by atoms with van der Waals surface area (Å²) in [5.74, 6) is -2.34. The van der Waals surface area contributed by atoms with Gasteiger partial charge in [0.25, 0.3) is 5.69 Å². The normalized spacial score (nSPS) is 10.4. The summed E-state index contributed by atoms with van der Waals surface area (Å²) < 4.78 is 14.9. The fourth-order valence-corrected chi connectivity index (χ4v) is 3.95. The second kappa shape index (κ2) is 32.7. The van der Waals surface area contributed by atoms with Gasteiger partial charge in [0.05, 0.1) is 16.8 Å². The van der Waals surface area contributed by atoms with Crippen molar-refractivity contribution in [3.63, 3.8) is 0 Å². The summed E-state index contributed by atoms with van der Waals surface area (Å²) in [5, 5.41) is 49.8. The van der Waals surface area contributed by atoms with Crippen LogP contribution < -0.4 is 45.1 Å². The van der Waals surface area contributed by atoms with Gasteiger partial charge in [-0.1, -0.05) is 79.0 Å². The van der Waals surface area contributed by atoms with Gasteiger partial charge in [-0.25, -0.2) is 4.79 Å². The molecule has 0 unspecified atom stereocenters. The molecule has 0 aromatic heterocycles. The van der Waals surface area contributed by atoms with E-state index in [2.05, 4.69) is 20.1 Å². The number of hydrogen-bond donors (Lipinski definition) is 4. The van der Waals surface area contributed by atoms with E-state index in [1.54, 1.807) is 62.4 Å². The average Bonchev–Trinajstić information content (AvgIpc) is 3.18. The van der Waals surface area contributed by atoms with Crippen molar-refractivity contribution < 1.29 is 93.1 Å². The summed E-state index contributed by atoms with van der Waals surface area (Å²) in [6, 6.07) is 18.2. The molecule has 0 heterocycles. The van der Waals surface area contributed by atoms with E-state index in [0.29, 0.717) is 49.2 Å². The van der Waals surface area contributed by atoms with Gasteiger partial charge in [0.2, 0.25) is 6.16 Å². The van der Waals surface area contributed by atoms with E-state index in [9.17, 15) is 29.3 Å². The number of ether oxygens (including phenoxy) is 3. The van der Waals surface area contributed by atoms with E-state index in [-0.39, 0.29) is 78.4 Å². The first kappa shape index (κ1) is 54.7. The fourth-order valence-electron chi connectivity index (χ4n) is 3.95. The summed E-state index contributed by atoms with van der Waals surface area (Å²) in [5.41, 5.74) is 24.1. The quantitative estimate of drug-likeness (QED) is 0.0157. The number of aliphatic carboxylic acids is 2. The van der Waals surface area contributed by atoms with E-state index >= 15 is 0 Å². The first-order valence-corrected chi connectivity index (χ1v) is 17.1. The monoisotopic (exact) mass is 834 g/mol. The van der Waals surface area contributed by atoms with E-state index in [0.717, 1.165) is 12.0 Å². The number of carbonyl (C=O) groups excluding carboxylic acids is 2. The molecule has 5 N–H and O–H groups in total. The third kappa shape index (κ3) is 28.6. The zero-order valence-electron chi connectivity index (χ0n) is 32.5. The SMILES string of the molecule is C[C@@H](CCCCC(=O)OCc1ccc(N=[N+]=[N-])cc1)C(=O)O.C[C@@H](CCCN)C(=O)O.O=C([O-])O.[N-]=[N+]=Nc1ccc(COC(=O)Oc2ccc([N+](=O)[O-])cc2)cc1.[Na+]. The molecule has 3 rings (SSSR count). The predicted molar refractivity (Wildman–Crippen MR) is 203 cm³/mol. The number of unbranched alkanes of at least 4 members (excludes halogenated alkanes) is 1. The van der Waals surface area contributed by atoms with Crippen LogP contribution in [0.3, 0.4) is 0 Å². The number of esters is 1. The number of azide groups is 2. The minimum Gasteiger partial charge on any atom is -0.565 e. The molecule has 0 spiro atoms. The maximum atomic E-state index is 11.6. The van der Waals surface area contributed by atoms with Crippen LogP contribution in [0.2, 0.25) is 0 Å². The molecule has 3 aromatic rings. The second-order valence-electron chi connectivity index (χ2n) is 11.7. The van der Waals surface area contributed by atoms with Crippen LogP contribution in [0, 0.1) is 22.0 Å². The van der Waals surface area contributed by atoms with Crippen molar-refractivity contribution in [2.45, 2.75) is 65.6 Å². The molecule has 0 saturated heterocycles. The molecule has 0 amide bonds. The molecule has 0 fully saturated rings. The molecule has 2 atom stereocenters. The Morgan fingerprint density at radius 1 is 0.746 bits per heavy atom. The Balaban J connectivity index is 0. The van der Waals surface area contributed by atoms with Gasteiger partial charge in [-0.15, -0.1) is 0 Å². The van der Waals surface area contributed by atoms with Crippen LogP contribution in [-0.2, 0) is 37.1 Å². The van der Waals surface area contributed by atoms with Crippen LogP contribution in [0.1, 0.15) is 63.5 Å². The minimum atomic E-state index is -2.08. The molecule has 0 aliphatic rings. The Bertz CT molecular complexity index is 1850. The molecular formula is C36H43N8NaO14. The molecule has 0 radical (unpaired) electrons. The van der Waals surface area contributed by atoms with Crippen molar-refractivity contribution in [1.29, 1.82) is 0 Å². The summed E-state index contributed by atoms with van der Waals surface area (Å²) in [6.45, 7) is 4.07. The third-order valence-corrected chi connectivity index (χ3v) is 7.15. The average molecular weight is 835 g/mol. The maximum Gasteiger partial charge on any atom is 1.00 e. The van der Waals surface area contributed by atoms with E-state index in [4.69, 9.17) is 56.2 Å². The van der Waals surface area contributed by atoms with Gasteiger partial charge >= 0.3 is 53.6 Å². The minimum absolute atomic E-state index is 0. The van der Waals surface area contributed by atoms with Gasteiger partial charge in [0.1, 0.15) is 19.0 Å². The molecule has 0 bridgehead atoms.